The lowest BCUT2D eigenvalue weighted by molar-refractivity contribution is 0.0461. The molecule has 1 saturated carbocycles. The van der Waals surface area contributed by atoms with Crippen molar-refractivity contribution in [2.45, 2.75) is 43.5 Å². The summed E-state index contributed by atoms with van der Waals surface area (Å²) in [6, 6.07) is 21.0. The van der Waals surface area contributed by atoms with Crippen molar-refractivity contribution in [1.82, 2.24) is 14.8 Å². The smallest absolute Gasteiger partial charge is 0.262 e. The molecule has 1 atom stereocenters. The summed E-state index contributed by atoms with van der Waals surface area (Å²) in [4.78, 5) is 22.4. The number of carbonyl (C=O) groups is 1. The Morgan fingerprint density at radius 2 is 1.74 bits per heavy atom. The number of nitrogens with one attached hydrogen (secondary N) is 1. The molecule has 0 bridgehead atoms. The molecular weight excluding hydrogens is 546 g/mol. The van der Waals surface area contributed by atoms with Crippen molar-refractivity contribution >= 4 is 38.2 Å². The van der Waals surface area contributed by atoms with Crippen molar-refractivity contribution in [1.29, 1.82) is 0 Å². The normalized spacial score (nSPS) is 18.4. The minimum Gasteiger partial charge on any atom is -0.399 e. The number of hydrogen-bond acceptors (Lipinski definition) is 6. The number of nitrogens with zero attached hydrogens (tertiary/aromatic N) is 3. The summed E-state index contributed by atoms with van der Waals surface area (Å²) in [6.07, 6.45) is 7.01. The van der Waals surface area contributed by atoms with E-state index in [1.165, 1.54) is 31.7 Å². The topological polar surface area (TPSA) is 109 Å². The molecule has 2 heterocycles. The molecule has 1 saturated heterocycles. The summed E-state index contributed by atoms with van der Waals surface area (Å²) in [6.45, 7) is 5.71. The number of para-hydroxylation sites is 1. The van der Waals surface area contributed by atoms with Crippen LogP contribution in [0.4, 0.5) is 11.4 Å². The Morgan fingerprint density at radius 1 is 0.976 bits per heavy atom. The van der Waals surface area contributed by atoms with E-state index >= 15 is 0 Å². The zero-order valence-corrected chi connectivity index (χ0v) is 24.7. The second-order valence-electron chi connectivity index (χ2n) is 11.6. The number of amides is 1. The lowest BCUT2D eigenvalue weighted by Crippen LogP contribution is -2.54. The number of pyridine rings is 1. The van der Waals surface area contributed by atoms with Gasteiger partial charge in [-0.3, -0.25) is 19.4 Å². The standard InChI is InChI=1S/C33H37N5O3S/c1-23-21-37(22-24-6-2-3-7-24)18-19-38(23)33(39)26-11-14-28(15-12-26)36-42(40,41)31-16-13-27(34)20-30(31)29-10-4-8-25-9-5-17-35-32(25)29/h4-5,8-17,20,23-24,36H,2-3,6-7,18-19,21-22,34H2,1H3/t23-/m1/s1. The van der Waals surface area contributed by atoms with Crippen molar-refractivity contribution in [3.8, 4) is 11.1 Å². The summed E-state index contributed by atoms with van der Waals surface area (Å²) >= 11 is 0. The zero-order chi connectivity index (χ0) is 29.3. The quantitative estimate of drug-likeness (QED) is 0.273. The van der Waals surface area contributed by atoms with E-state index in [2.05, 4.69) is 21.5 Å². The van der Waals surface area contributed by atoms with Gasteiger partial charge in [0.25, 0.3) is 15.9 Å². The molecule has 3 N–H and O–H groups in total. The summed E-state index contributed by atoms with van der Waals surface area (Å²) < 4.78 is 30.0. The van der Waals surface area contributed by atoms with E-state index in [-0.39, 0.29) is 16.8 Å². The molecule has 218 valence electrons. The van der Waals surface area contributed by atoms with Crippen molar-refractivity contribution in [2.24, 2.45) is 5.92 Å². The summed E-state index contributed by atoms with van der Waals surface area (Å²) in [5.74, 6) is 0.769. The van der Waals surface area contributed by atoms with Gasteiger partial charge in [-0.15, -0.1) is 0 Å². The van der Waals surface area contributed by atoms with E-state index in [1.54, 1.807) is 42.6 Å². The Hall–Kier alpha value is -3.95. The molecule has 1 aromatic heterocycles. The van der Waals surface area contributed by atoms with Crippen LogP contribution in [0.1, 0.15) is 43.0 Å². The van der Waals surface area contributed by atoms with E-state index in [4.69, 9.17) is 5.73 Å². The highest BCUT2D eigenvalue weighted by molar-refractivity contribution is 7.92. The van der Waals surface area contributed by atoms with Crippen LogP contribution in [0.3, 0.4) is 0 Å². The number of fused-ring (bicyclic) bond motifs is 1. The largest absolute Gasteiger partial charge is 0.399 e. The molecule has 6 rings (SSSR count). The molecule has 42 heavy (non-hydrogen) atoms. The van der Waals surface area contributed by atoms with Crippen LogP contribution in [0.25, 0.3) is 22.0 Å². The molecule has 0 unspecified atom stereocenters. The minimum absolute atomic E-state index is 0.0262. The maximum atomic E-state index is 13.7. The first kappa shape index (κ1) is 28.2. The Balaban J connectivity index is 1.18. The maximum absolute atomic E-state index is 13.7. The van der Waals surface area contributed by atoms with Crippen molar-refractivity contribution < 1.29 is 13.2 Å². The first-order chi connectivity index (χ1) is 20.3. The van der Waals surface area contributed by atoms with Gasteiger partial charge in [0.15, 0.2) is 0 Å². The van der Waals surface area contributed by atoms with E-state index in [9.17, 15) is 13.2 Å². The van der Waals surface area contributed by atoms with Crippen LogP contribution in [0, 0.1) is 5.92 Å². The fourth-order valence-corrected chi connectivity index (χ4v) is 7.69. The number of rotatable bonds is 7. The predicted molar refractivity (Wildman–Crippen MR) is 168 cm³/mol. The Bertz CT molecular complexity index is 1700. The van der Waals surface area contributed by atoms with Crippen LogP contribution >= 0.6 is 0 Å². The third kappa shape index (κ3) is 5.84. The number of piperazine rings is 1. The molecule has 3 aromatic carbocycles. The van der Waals surface area contributed by atoms with Gasteiger partial charge in [-0.25, -0.2) is 8.42 Å². The number of nitrogen functional groups attached to an aromatic ring is 1. The predicted octanol–water partition coefficient (Wildman–Crippen LogP) is 5.62. The second-order valence-corrected chi connectivity index (χ2v) is 13.2. The van der Waals surface area contributed by atoms with Crippen LogP contribution in [-0.2, 0) is 10.0 Å². The number of aromatic nitrogens is 1. The number of benzene rings is 3. The fraction of sp³-hybridized carbons (Fsp3) is 0.333. The summed E-state index contributed by atoms with van der Waals surface area (Å²) in [5, 5.41) is 0.901. The van der Waals surface area contributed by atoms with Gasteiger partial charge in [-0.2, -0.15) is 0 Å². The molecule has 1 aliphatic carbocycles. The lowest BCUT2D eigenvalue weighted by Gasteiger charge is -2.40. The van der Waals surface area contributed by atoms with Gasteiger partial charge in [0.2, 0.25) is 0 Å². The van der Waals surface area contributed by atoms with E-state index < -0.39 is 10.0 Å². The molecule has 2 aliphatic rings. The monoisotopic (exact) mass is 583 g/mol. The first-order valence-electron chi connectivity index (χ1n) is 14.7. The number of hydrogen-bond donors (Lipinski definition) is 2. The third-order valence-corrected chi connectivity index (χ3v) is 10.0. The number of sulfonamides is 1. The second kappa shape index (κ2) is 11.7. The maximum Gasteiger partial charge on any atom is 0.262 e. The van der Waals surface area contributed by atoms with Gasteiger partial charge in [0.05, 0.1) is 10.4 Å². The molecular formula is C33H37N5O3S. The number of anilines is 2. The van der Waals surface area contributed by atoms with Crippen LogP contribution in [-0.4, -0.2) is 61.3 Å². The van der Waals surface area contributed by atoms with E-state index in [0.29, 0.717) is 40.1 Å². The molecule has 2 fully saturated rings. The van der Waals surface area contributed by atoms with Crippen molar-refractivity contribution in [2.75, 3.05) is 36.6 Å². The number of carbonyl (C=O) groups excluding carboxylic acids is 1. The van der Waals surface area contributed by atoms with Crippen molar-refractivity contribution in [3.63, 3.8) is 0 Å². The average Bonchev–Trinajstić information content (AvgIpc) is 3.50. The first-order valence-corrected chi connectivity index (χ1v) is 16.2. The zero-order valence-electron chi connectivity index (χ0n) is 23.9. The van der Waals surface area contributed by atoms with Crippen LogP contribution in [0.2, 0.25) is 0 Å². The molecule has 1 aliphatic heterocycles. The highest BCUT2D eigenvalue weighted by Crippen LogP contribution is 2.34. The van der Waals surface area contributed by atoms with Gasteiger partial charge in [0.1, 0.15) is 0 Å². The SMILES string of the molecule is C[C@@H]1CN(CC2CCCC2)CCN1C(=O)c1ccc(NS(=O)(=O)c2ccc(N)cc2-c2cccc3cccnc23)cc1. The molecule has 9 heteroatoms. The Labute approximate surface area is 247 Å². The van der Waals surface area contributed by atoms with Gasteiger partial charge in [-0.05, 0) is 74.2 Å². The third-order valence-electron chi connectivity index (χ3n) is 8.56. The highest BCUT2D eigenvalue weighted by atomic mass is 32.2. The lowest BCUT2D eigenvalue weighted by atomic mass is 10.0. The molecule has 1 amide bonds. The van der Waals surface area contributed by atoms with Gasteiger partial charge in [-0.1, -0.05) is 37.1 Å². The molecule has 8 nitrogen and oxygen atoms in total. The van der Waals surface area contributed by atoms with Crippen LogP contribution in [0.15, 0.2) is 83.9 Å². The van der Waals surface area contributed by atoms with Crippen LogP contribution in [0.5, 0.6) is 0 Å². The van der Waals surface area contributed by atoms with E-state index in [0.717, 1.165) is 30.9 Å². The van der Waals surface area contributed by atoms with E-state index in [1.807, 2.05) is 35.2 Å². The van der Waals surface area contributed by atoms with Crippen molar-refractivity contribution in [3.05, 3.63) is 84.6 Å². The van der Waals surface area contributed by atoms with Gasteiger partial charge < -0.3 is 10.6 Å². The molecule has 4 aromatic rings. The Kier molecular flexibility index (Phi) is 7.88. The molecule has 0 spiro atoms. The fourth-order valence-electron chi connectivity index (χ4n) is 6.43. The van der Waals surface area contributed by atoms with Gasteiger partial charge >= 0.3 is 0 Å². The van der Waals surface area contributed by atoms with Gasteiger partial charge in [0, 0.05) is 71.9 Å². The molecule has 0 radical (unpaired) electrons. The average molecular weight is 584 g/mol. The number of nitrogens with two attached hydrogens (primary N) is 1. The minimum atomic E-state index is -3.99. The van der Waals surface area contributed by atoms with Crippen LogP contribution < -0.4 is 10.5 Å². The summed E-state index contributed by atoms with van der Waals surface area (Å²) in [7, 11) is -3.99. The Morgan fingerprint density at radius 3 is 2.50 bits per heavy atom. The highest BCUT2D eigenvalue weighted by Gasteiger charge is 2.30. The summed E-state index contributed by atoms with van der Waals surface area (Å²) in [5.41, 5.74) is 9.31.